The van der Waals surface area contributed by atoms with Gasteiger partial charge >= 0.3 is 5.63 Å². The summed E-state index contributed by atoms with van der Waals surface area (Å²) in [5, 5.41) is 3.32. The number of nitrogens with one attached hydrogen (secondary N) is 1. The molecule has 0 radical (unpaired) electrons. The van der Waals surface area contributed by atoms with Crippen LogP contribution in [0.4, 0.5) is 0 Å². The first kappa shape index (κ1) is 15.2. The van der Waals surface area contributed by atoms with E-state index in [0.717, 1.165) is 0 Å². The molecule has 0 aliphatic carbocycles. The predicted octanol–water partition coefficient (Wildman–Crippen LogP) is 0.380. The van der Waals surface area contributed by atoms with Crippen LogP contribution in [-0.2, 0) is 9.53 Å². The molecule has 120 valence electrons. The second-order valence-electron chi connectivity index (χ2n) is 5.40. The zero-order valence-electron chi connectivity index (χ0n) is 12.6. The van der Waals surface area contributed by atoms with E-state index in [1.165, 1.54) is 6.07 Å². The number of carbonyl (C=O) groups excluding carboxylic acids is 2. The third kappa shape index (κ3) is 3.24. The Balaban J connectivity index is 1.70. The Morgan fingerprint density at radius 3 is 2.91 bits per heavy atom. The molecule has 0 bridgehead atoms. The fourth-order valence-corrected chi connectivity index (χ4v) is 2.40. The molecule has 2 amide bonds. The molecule has 1 aromatic carbocycles. The maximum Gasteiger partial charge on any atom is 0.349 e. The van der Waals surface area contributed by atoms with E-state index in [-0.39, 0.29) is 30.7 Å². The highest BCUT2D eigenvalue weighted by atomic mass is 16.5. The number of para-hydroxylation sites is 1. The fraction of sp³-hybridized carbons (Fsp3) is 0.312. The summed E-state index contributed by atoms with van der Waals surface area (Å²) >= 11 is 0. The van der Waals surface area contributed by atoms with Crippen molar-refractivity contribution in [3.63, 3.8) is 0 Å². The number of carbonyl (C=O) groups is 2. The number of amides is 2. The van der Waals surface area contributed by atoms with E-state index in [1.54, 1.807) is 36.2 Å². The summed E-state index contributed by atoms with van der Waals surface area (Å²) in [5.41, 5.74) is -0.299. The van der Waals surface area contributed by atoms with Gasteiger partial charge in [-0.2, -0.15) is 0 Å². The number of hydrogen-bond acceptors (Lipinski definition) is 5. The zero-order chi connectivity index (χ0) is 16.4. The number of ether oxygens (including phenoxy) is 1. The highest BCUT2D eigenvalue weighted by Crippen LogP contribution is 2.12. The lowest BCUT2D eigenvalue weighted by Gasteiger charge is -2.29. The first-order chi connectivity index (χ1) is 11.0. The number of morpholine rings is 1. The minimum atomic E-state index is -0.682. The normalized spacial score (nSPS) is 18.2. The summed E-state index contributed by atoms with van der Waals surface area (Å²) in [4.78, 5) is 37.0. The molecule has 1 aliphatic rings. The van der Waals surface area contributed by atoms with Crippen molar-refractivity contribution in [2.24, 2.45) is 0 Å². The van der Waals surface area contributed by atoms with Crippen LogP contribution in [-0.4, -0.2) is 49.6 Å². The number of nitrogens with zero attached hydrogens (tertiary/aromatic N) is 1. The average Bonchev–Trinajstić information content (AvgIpc) is 2.55. The summed E-state index contributed by atoms with van der Waals surface area (Å²) < 4.78 is 10.5. The molecule has 1 atom stereocenters. The molecule has 2 aromatic rings. The zero-order valence-corrected chi connectivity index (χ0v) is 12.6. The summed E-state index contributed by atoms with van der Waals surface area (Å²) in [7, 11) is 1.68. The Kier molecular flexibility index (Phi) is 4.12. The molecule has 7 heteroatoms. The Labute approximate surface area is 131 Å². The maximum atomic E-state index is 12.2. The summed E-state index contributed by atoms with van der Waals surface area (Å²) in [6, 6.07) is 8.49. The van der Waals surface area contributed by atoms with E-state index in [2.05, 4.69) is 5.32 Å². The molecule has 3 rings (SSSR count). The van der Waals surface area contributed by atoms with Crippen molar-refractivity contribution in [3.8, 4) is 0 Å². The maximum absolute atomic E-state index is 12.2. The van der Waals surface area contributed by atoms with Crippen LogP contribution in [0, 0.1) is 0 Å². The minimum absolute atomic E-state index is 0.00481. The van der Waals surface area contributed by atoms with Crippen LogP contribution < -0.4 is 10.9 Å². The van der Waals surface area contributed by atoms with Crippen LogP contribution in [0.5, 0.6) is 0 Å². The minimum Gasteiger partial charge on any atom is -0.422 e. The Morgan fingerprint density at radius 2 is 2.13 bits per heavy atom. The number of rotatable bonds is 3. The van der Waals surface area contributed by atoms with Gasteiger partial charge in [0.1, 0.15) is 17.8 Å². The predicted molar refractivity (Wildman–Crippen MR) is 82.2 cm³/mol. The van der Waals surface area contributed by atoms with E-state index in [4.69, 9.17) is 9.15 Å². The van der Waals surface area contributed by atoms with Gasteiger partial charge in [-0.1, -0.05) is 18.2 Å². The molecule has 7 nitrogen and oxygen atoms in total. The largest absolute Gasteiger partial charge is 0.422 e. The Morgan fingerprint density at radius 1 is 1.35 bits per heavy atom. The highest BCUT2D eigenvalue weighted by Gasteiger charge is 2.24. The third-order valence-electron chi connectivity index (χ3n) is 3.72. The van der Waals surface area contributed by atoms with Gasteiger partial charge < -0.3 is 19.4 Å². The van der Waals surface area contributed by atoms with Crippen molar-refractivity contribution < 1.29 is 18.7 Å². The van der Waals surface area contributed by atoms with Gasteiger partial charge in [0, 0.05) is 25.5 Å². The van der Waals surface area contributed by atoms with E-state index < -0.39 is 11.5 Å². The van der Waals surface area contributed by atoms with Crippen molar-refractivity contribution >= 4 is 22.8 Å². The van der Waals surface area contributed by atoms with Crippen molar-refractivity contribution in [1.29, 1.82) is 0 Å². The molecule has 1 aromatic heterocycles. The van der Waals surface area contributed by atoms with Gasteiger partial charge in [-0.15, -0.1) is 0 Å². The number of fused-ring (bicyclic) bond motifs is 1. The third-order valence-corrected chi connectivity index (χ3v) is 3.72. The van der Waals surface area contributed by atoms with E-state index in [1.807, 2.05) is 0 Å². The van der Waals surface area contributed by atoms with Crippen molar-refractivity contribution in [2.45, 2.75) is 6.10 Å². The molecule has 1 unspecified atom stereocenters. The van der Waals surface area contributed by atoms with E-state index in [0.29, 0.717) is 17.5 Å². The van der Waals surface area contributed by atoms with Crippen LogP contribution in [0.25, 0.3) is 11.0 Å². The lowest BCUT2D eigenvalue weighted by molar-refractivity contribution is -0.146. The molecule has 1 N–H and O–H groups in total. The second-order valence-corrected chi connectivity index (χ2v) is 5.40. The van der Waals surface area contributed by atoms with Gasteiger partial charge in [0.25, 0.3) is 5.91 Å². The molecule has 0 saturated carbocycles. The average molecular weight is 316 g/mol. The van der Waals surface area contributed by atoms with Crippen LogP contribution >= 0.6 is 0 Å². The first-order valence-electron chi connectivity index (χ1n) is 7.21. The van der Waals surface area contributed by atoms with Crippen LogP contribution in [0.1, 0.15) is 10.4 Å². The van der Waals surface area contributed by atoms with Crippen LogP contribution in [0.15, 0.2) is 39.5 Å². The molecule has 1 saturated heterocycles. The van der Waals surface area contributed by atoms with Crippen LogP contribution in [0.3, 0.4) is 0 Å². The topological polar surface area (TPSA) is 88.8 Å². The van der Waals surface area contributed by atoms with Gasteiger partial charge in [-0.25, -0.2) is 4.79 Å². The fourth-order valence-electron chi connectivity index (χ4n) is 2.40. The smallest absolute Gasteiger partial charge is 0.349 e. The summed E-state index contributed by atoms with van der Waals surface area (Å²) in [5.74, 6) is -0.615. The Hall–Kier alpha value is -2.67. The van der Waals surface area contributed by atoms with Crippen molar-refractivity contribution in [1.82, 2.24) is 10.2 Å². The molecule has 23 heavy (non-hydrogen) atoms. The standard InChI is InChI=1S/C16H16N2O5/c1-18-8-11(22-9-14(18)19)7-17-15(20)12-6-10-4-2-3-5-13(10)23-16(12)21/h2-6,11H,7-9H2,1H3,(H,17,20). The number of benzene rings is 1. The SMILES string of the molecule is CN1CC(CNC(=O)c2cc3ccccc3oc2=O)OCC1=O. The van der Waals surface area contributed by atoms with Gasteiger partial charge in [-0.3, -0.25) is 9.59 Å². The molecule has 1 fully saturated rings. The molecule has 1 aliphatic heterocycles. The molecule has 0 spiro atoms. The van der Waals surface area contributed by atoms with E-state index >= 15 is 0 Å². The lowest BCUT2D eigenvalue weighted by Crippen LogP contribution is -2.49. The van der Waals surface area contributed by atoms with Crippen LogP contribution in [0.2, 0.25) is 0 Å². The number of likely N-dealkylation sites (N-methyl/N-ethyl adjacent to an activating group) is 1. The summed E-state index contributed by atoms with van der Waals surface area (Å²) in [6.07, 6.45) is -0.297. The quantitative estimate of drug-likeness (QED) is 0.827. The summed E-state index contributed by atoms with van der Waals surface area (Å²) in [6.45, 7) is 0.601. The van der Waals surface area contributed by atoms with E-state index in [9.17, 15) is 14.4 Å². The van der Waals surface area contributed by atoms with Gasteiger partial charge in [0.15, 0.2) is 0 Å². The Bertz CT molecular complexity index is 813. The molecule has 2 heterocycles. The van der Waals surface area contributed by atoms with Gasteiger partial charge in [0.2, 0.25) is 5.91 Å². The van der Waals surface area contributed by atoms with Gasteiger partial charge in [0.05, 0.1) is 6.10 Å². The lowest BCUT2D eigenvalue weighted by atomic mass is 10.1. The monoisotopic (exact) mass is 316 g/mol. The van der Waals surface area contributed by atoms with Gasteiger partial charge in [-0.05, 0) is 12.1 Å². The first-order valence-corrected chi connectivity index (χ1v) is 7.21. The van der Waals surface area contributed by atoms with Crippen molar-refractivity contribution in [3.05, 3.63) is 46.3 Å². The molecular formula is C16H16N2O5. The number of hydrogen-bond donors (Lipinski definition) is 1. The second kappa shape index (κ2) is 6.21. The molecular weight excluding hydrogens is 300 g/mol. The highest BCUT2D eigenvalue weighted by molar-refractivity contribution is 5.96. The van der Waals surface area contributed by atoms with Crippen molar-refractivity contribution in [2.75, 3.05) is 26.7 Å².